The van der Waals surface area contributed by atoms with E-state index in [1.54, 1.807) is 11.9 Å². The smallest absolute Gasteiger partial charge is 0.241 e. The number of carbonyl (C=O) groups excluding carboxylic acids is 2. The quantitative estimate of drug-likeness (QED) is 0.724. The molecule has 0 unspecified atom stereocenters. The lowest BCUT2D eigenvalue weighted by Crippen LogP contribution is -2.58. The first-order valence-corrected chi connectivity index (χ1v) is 10.6. The van der Waals surface area contributed by atoms with Gasteiger partial charge in [-0.1, -0.05) is 19.3 Å². The van der Waals surface area contributed by atoms with E-state index >= 15 is 0 Å². The van der Waals surface area contributed by atoms with E-state index in [1.165, 1.54) is 6.42 Å². The third kappa shape index (κ3) is 4.08. The molecule has 2 amide bonds. The Kier molecular flexibility index (Phi) is 6.25. The van der Waals surface area contributed by atoms with Crippen molar-refractivity contribution in [2.45, 2.75) is 55.7 Å². The third-order valence-electron chi connectivity index (χ3n) is 5.45. The van der Waals surface area contributed by atoms with Crippen molar-refractivity contribution < 1.29 is 18.0 Å². The number of hydrogen-bond donors (Lipinski definition) is 2. The largest absolute Gasteiger partial charge is 0.346 e. The van der Waals surface area contributed by atoms with Crippen molar-refractivity contribution in [3.05, 3.63) is 0 Å². The summed E-state index contributed by atoms with van der Waals surface area (Å²) < 4.78 is 23.0. The molecular weight excluding hydrogens is 330 g/mol. The second-order valence-corrected chi connectivity index (χ2v) is 9.32. The molecule has 1 saturated heterocycles. The average Bonchev–Trinajstić information content (AvgIpc) is 2.59. The van der Waals surface area contributed by atoms with Crippen molar-refractivity contribution in [3.63, 3.8) is 0 Å². The van der Waals surface area contributed by atoms with Crippen molar-refractivity contribution in [2.24, 2.45) is 0 Å². The highest BCUT2D eigenvalue weighted by Gasteiger charge is 2.48. The molecule has 0 aromatic rings. The zero-order chi connectivity index (χ0) is 17.8. The lowest BCUT2D eigenvalue weighted by Gasteiger charge is -2.35. The molecule has 24 heavy (non-hydrogen) atoms. The molecule has 0 radical (unpaired) electrons. The van der Waals surface area contributed by atoms with E-state index in [1.807, 2.05) is 0 Å². The fourth-order valence-corrected chi connectivity index (χ4v) is 5.07. The second-order valence-electron chi connectivity index (χ2n) is 7.00. The Hall–Kier alpha value is -1.15. The Balaban J connectivity index is 1.96. The molecule has 0 bridgehead atoms. The van der Waals surface area contributed by atoms with Gasteiger partial charge in [-0.25, -0.2) is 8.42 Å². The highest BCUT2D eigenvalue weighted by molar-refractivity contribution is 7.92. The SMILES string of the molecule is CN(C(=O)CNC(=O)C1(S(C)(=O)=O)CCNCC1)C1CCCCC1. The van der Waals surface area contributed by atoms with Crippen LogP contribution in [0.25, 0.3) is 0 Å². The maximum Gasteiger partial charge on any atom is 0.241 e. The maximum atomic E-state index is 12.6. The van der Waals surface area contributed by atoms with Gasteiger partial charge in [-0.15, -0.1) is 0 Å². The van der Waals surface area contributed by atoms with Crippen LogP contribution in [0.2, 0.25) is 0 Å². The van der Waals surface area contributed by atoms with Gasteiger partial charge in [0.05, 0.1) is 6.54 Å². The van der Waals surface area contributed by atoms with Crippen LogP contribution in [0.1, 0.15) is 44.9 Å². The lowest BCUT2D eigenvalue weighted by molar-refractivity contribution is -0.134. The van der Waals surface area contributed by atoms with Gasteiger partial charge in [0.1, 0.15) is 0 Å². The minimum Gasteiger partial charge on any atom is -0.346 e. The predicted octanol–water partition coefficient (Wildman–Crippen LogP) is 0.0605. The number of sulfone groups is 1. The van der Waals surface area contributed by atoms with E-state index in [9.17, 15) is 18.0 Å². The molecule has 0 atom stereocenters. The Morgan fingerprint density at radius 2 is 1.75 bits per heavy atom. The summed E-state index contributed by atoms with van der Waals surface area (Å²) in [6.07, 6.45) is 7.03. The number of rotatable bonds is 5. The lowest BCUT2D eigenvalue weighted by atomic mass is 9.94. The first-order valence-electron chi connectivity index (χ1n) is 8.72. The van der Waals surface area contributed by atoms with Gasteiger partial charge in [0.15, 0.2) is 14.6 Å². The van der Waals surface area contributed by atoms with E-state index in [0.29, 0.717) is 13.1 Å². The monoisotopic (exact) mass is 359 g/mol. The number of carbonyl (C=O) groups is 2. The van der Waals surface area contributed by atoms with Gasteiger partial charge < -0.3 is 15.5 Å². The van der Waals surface area contributed by atoms with Crippen LogP contribution in [-0.4, -0.2) is 68.9 Å². The van der Waals surface area contributed by atoms with Gasteiger partial charge in [-0.05, 0) is 38.8 Å². The average molecular weight is 359 g/mol. The van der Waals surface area contributed by atoms with Crippen LogP contribution in [0.5, 0.6) is 0 Å². The van der Waals surface area contributed by atoms with Crippen LogP contribution in [-0.2, 0) is 19.4 Å². The zero-order valence-electron chi connectivity index (χ0n) is 14.6. The Morgan fingerprint density at radius 3 is 2.29 bits per heavy atom. The highest BCUT2D eigenvalue weighted by Crippen LogP contribution is 2.28. The number of likely N-dealkylation sites (N-methyl/N-ethyl adjacent to an activating group) is 1. The Bertz CT molecular complexity index is 564. The van der Waals surface area contributed by atoms with Crippen molar-refractivity contribution in [1.29, 1.82) is 0 Å². The molecule has 7 nitrogen and oxygen atoms in total. The summed E-state index contributed by atoms with van der Waals surface area (Å²) >= 11 is 0. The summed E-state index contributed by atoms with van der Waals surface area (Å²) in [5.41, 5.74) is 0. The topological polar surface area (TPSA) is 95.6 Å². The summed E-state index contributed by atoms with van der Waals surface area (Å²) in [5, 5.41) is 5.66. The highest BCUT2D eigenvalue weighted by atomic mass is 32.2. The number of amides is 2. The van der Waals surface area contributed by atoms with E-state index in [4.69, 9.17) is 0 Å². The first-order chi connectivity index (χ1) is 11.3. The molecule has 1 saturated carbocycles. The molecule has 1 aliphatic carbocycles. The van der Waals surface area contributed by atoms with Crippen LogP contribution in [0.3, 0.4) is 0 Å². The molecule has 2 N–H and O–H groups in total. The normalized spacial score (nSPS) is 21.9. The van der Waals surface area contributed by atoms with Gasteiger partial charge in [0.2, 0.25) is 11.8 Å². The number of piperidine rings is 1. The van der Waals surface area contributed by atoms with E-state index < -0.39 is 20.5 Å². The van der Waals surface area contributed by atoms with E-state index in [2.05, 4.69) is 10.6 Å². The molecule has 0 spiro atoms. The molecule has 1 heterocycles. The van der Waals surface area contributed by atoms with Crippen molar-refractivity contribution in [2.75, 3.05) is 32.9 Å². The van der Waals surface area contributed by atoms with Crippen LogP contribution in [0.4, 0.5) is 0 Å². The van der Waals surface area contributed by atoms with Gasteiger partial charge in [-0.2, -0.15) is 0 Å². The standard InChI is InChI=1S/C16H29N3O4S/c1-19(13-6-4-3-5-7-13)14(20)12-18-15(21)16(24(2,22)23)8-10-17-11-9-16/h13,17H,3-12H2,1-2H3,(H,18,21). The van der Waals surface area contributed by atoms with Crippen LogP contribution < -0.4 is 10.6 Å². The zero-order valence-corrected chi connectivity index (χ0v) is 15.5. The number of nitrogens with one attached hydrogen (secondary N) is 2. The second kappa shape index (κ2) is 7.82. The van der Waals surface area contributed by atoms with Gasteiger partial charge in [0, 0.05) is 19.3 Å². The fraction of sp³-hybridized carbons (Fsp3) is 0.875. The summed E-state index contributed by atoms with van der Waals surface area (Å²) in [7, 11) is -1.79. The van der Waals surface area contributed by atoms with Crippen LogP contribution in [0.15, 0.2) is 0 Å². The molecule has 8 heteroatoms. The Labute approximate surface area is 144 Å². The summed E-state index contributed by atoms with van der Waals surface area (Å²) in [4.78, 5) is 26.6. The fourth-order valence-electron chi connectivity index (χ4n) is 3.71. The minimum absolute atomic E-state index is 0.142. The molecule has 2 aliphatic rings. The maximum absolute atomic E-state index is 12.6. The van der Waals surface area contributed by atoms with Crippen molar-refractivity contribution >= 4 is 21.7 Å². The van der Waals surface area contributed by atoms with Gasteiger partial charge in [0.25, 0.3) is 0 Å². The number of nitrogens with zero attached hydrogens (tertiary/aromatic N) is 1. The van der Waals surface area contributed by atoms with E-state index in [0.717, 1.165) is 31.9 Å². The van der Waals surface area contributed by atoms with E-state index in [-0.39, 0.29) is 31.3 Å². The summed E-state index contributed by atoms with van der Waals surface area (Å²) in [6, 6.07) is 0.228. The van der Waals surface area contributed by atoms with Gasteiger partial charge in [-0.3, -0.25) is 9.59 Å². The van der Waals surface area contributed by atoms with Crippen LogP contribution in [0, 0.1) is 0 Å². The molecule has 138 valence electrons. The Morgan fingerprint density at radius 1 is 1.17 bits per heavy atom. The molecule has 0 aromatic carbocycles. The van der Waals surface area contributed by atoms with Crippen molar-refractivity contribution in [3.8, 4) is 0 Å². The summed E-state index contributed by atoms with van der Waals surface area (Å²) in [5.74, 6) is -0.704. The van der Waals surface area contributed by atoms with Crippen molar-refractivity contribution in [1.82, 2.24) is 15.5 Å². The minimum atomic E-state index is -3.55. The molecule has 2 rings (SSSR count). The molecular formula is C16H29N3O4S. The number of hydrogen-bond acceptors (Lipinski definition) is 5. The third-order valence-corrected chi connectivity index (χ3v) is 7.46. The molecule has 0 aromatic heterocycles. The molecule has 2 fully saturated rings. The summed E-state index contributed by atoms with van der Waals surface area (Å²) in [6.45, 7) is 0.823. The molecule has 1 aliphatic heterocycles. The first kappa shape index (κ1) is 19.2. The van der Waals surface area contributed by atoms with Crippen LogP contribution >= 0.6 is 0 Å². The van der Waals surface area contributed by atoms with Gasteiger partial charge >= 0.3 is 0 Å². The predicted molar refractivity (Wildman–Crippen MR) is 92.3 cm³/mol.